The predicted octanol–water partition coefficient (Wildman–Crippen LogP) is 1.47. The molecule has 0 radical (unpaired) electrons. The molecule has 0 unspecified atom stereocenters. The van der Waals surface area contributed by atoms with Gasteiger partial charge in [0.1, 0.15) is 0 Å². The van der Waals surface area contributed by atoms with Crippen LogP contribution in [0.2, 0.25) is 0 Å². The van der Waals surface area contributed by atoms with Crippen molar-refractivity contribution in [2.75, 3.05) is 6.61 Å². The van der Waals surface area contributed by atoms with E-state index in [-0.39, 0.29) is 17.8 Å². The molecule has 0 spiro atoms. The Hall–Kier alpha value is -0.500. The topological polar surface area (TPSA) is 40.5 Å². The first-order valence-electron chi connectivity index (χ1n) is 2.99. The molecule has 2 N–H and O–H groups in total. The number of hydrogen-bond donors (Lipinski definition) is 2. The standard InChI is InChI=1S/C7H14O2/c1-7(2,3)6(9)4-5-8/h4,8-9H,5H2,1-3H3. The molecule has 54 valence electrons. The molecule has 0 heterocycles. The molecule has 0 saturated heterocycles. The Bertz CT molecular complexity index is 109. The van der Waals surface area contributed by atoms with E-state index in [2.05, 4.69) is 0 Å². The van der Waals surface area contributed by atoms with Gasteiger partial charge in [0.15, 0.2) is 0 Å². The molecule has 0 rings (SSSR count). The van der Waals surface area contributed by atoms with Gasteiger partial charge in [-0.15, -0.1) is 0 Å². The van der Waals surface area contributed by atoms with E-state index in [9.17, 15) is 0 Å². The number of aliphatic hydroxyl groups is 2. The Balaban J connectivity index is 4.03. The van der Waals surface area contributed by atoms with Crippen LogP contribution in [0.25, 0.3) is 0 Å². The van der Waals surface area contributed by atoms with Gasteiger partial charge in [-0.3, -0.25) is 0 Å². The molecule has 9 heavy (non-hydrogen) atoms. The van der Waals surface area contributed by atoms with Gasteiger partial charge in [0.05, 0.1) is 12.4 Å². The summed E-state index contributed by atoms with van der Waals surface area (Å²) in [4.78, 5) is 0. The van der Waals surface area contributed by atoms with E-state index in [0.29, 0.717) is 0 Å². The van der Waals surface area contributed by atoms with Crippen LogP contribution in [0.5, 0.6) is 0 Å². The second-order valence-electron chi connectivity index (χ2n) is 3.02. The van der Waals surface area contributed by atoms with Gasteiger partial charge in [-0.25, -0.2) is 0 Å². The maximum atomic E-state index is 9.09. The van der Waals surface area contributed by atoms with Crippen molar-refractivity contribution in [3.63, 3.8) is 0 Å². The van der Waals surface area contributed by atoms with E-state index in [1.807, 2.05) is 20.8 Å². The molecule has 0 aromatic heterocycles. The van der Waals surface area contributed by atoms with Crippen LogP contribution in [0, 0.1) is 5.41 Å². The lowest BCUT2D eigenvalue weighted by atomic mass is 9.94. The maximum Gasteiger partial charge on any atom is 0.0958 e. The van der Waals surface area contributed by atoms with Gasteiger partial charge in [0.25, 0.3) is 0 Å². The van der Waals surface area contributed by atoms with E-state index in [1.54, 1.807) is 0 Å². The molecule has 0 aromatic rings. The van der Waals surface area contributed by atoms with Gasteiger partial charge in [-0.2, -0.15) is 0 Å². The van der Waals surface area contributed by atoms with Crippen LogP contribution in [0.3, 0.4) is 0 Å². The summed E-state index contributed by atoms with van der Waals surface area (Å²) in [5, 5.41) is 17.5. The molecule has 0 amide bonds. The molecular formula is C7H14O2. The van der Waals surface area contributed by atoms with Crippen LogP contribution in [0.4, 0.5) is 0 Å². The van der Waals surface area contributed by atoms with Crippen molar-refractivity contribution in [2.24, 2.45) is 5.41 Å². The lowest BCUT2D eigenvalue weighted by molar-refractivity contribution is 0.263. The second kappa shape index (κ2) is 2.87. The predicted molar refractivity (Wildman–Crippen MR) is 37.3 cm³/mol. The van der Waals surface area contributed by atoms with Gasteiger partial charge in [0.2, 0.25) is 0 Å². The third kappa shape index (κ3) is 3.14. The van der Waals surface area contributed by atoms with Crippen molar-refractivity contribution in [1.29, 1.82) is 0 Å². The Labute approximate surface area is 55.8 Å². The number of rotatable bonds is 1. The fraction of sp³-hybridized carbons (Fsp3) is 0.714. The highest BCUT2D eigenvalue weighted by Crippen LogP contribution is 2.21. The van der Waals surface area contributed by atoms with Gasteiger partial charge >= 0.3 is 0 Å². The normalized spacial score (nSPS) is 14.0. The van der Waals surface area contributed by atoms with Crippen LogP contribution in [0.1, 0.15) is 20.8 Å². The van der Waals surface area contributed by atoms with E-state index < -0.39 is 0 Å². The molecule has 0 bridgehead atoms. The Morgan fingerprint density at radius 2 is 1.89 bits per heavy atom. The third-order valence-corrected chi connectivity index (χ3v) is 1.05. The Kier molecular flexibility index (Phi) is 2.71. The molecule has 2 heteroatoms. The number of hydrogen-bond acceptors (Lipinski definition) is 2. The third-order valence-electron chi connectivity index (χ3n) is 1.05. The molecule has 0 aromatic carbocycles. The summed E-state index contributed by atoms with van der Waals surface area (Å²) >= 11 is 0. The first-order chi connectivity index (χ1) is 3.98. The lowest BCUT2D eigenvalue weighted by Crippen LogP contribution is -2.09. The number of aliphatic hydroxyl groups excluding tert-OH is 2. The highest BCUT2D eigenvalue weighted by Gasteiger charge is 2.14. The molecule has 0 fully saturated rings. The van der Waals surface area contributed by atoms with Gasteiger partial charge in [0, 0.05) is 5.41 Å². The summed E-state index contributed by atoms with van der Waals surface area (Å²) < 4.78 is 0. The van der Waals surface area contributed by atoms with Gasteiger partial charge < -0.3 is 10.2 Å². The minimum absolute atomic E-state index is 0.0941. The smallest absolute Gasteiger partial charge is 0.0958 e. The van der Waals surface area contributed by atoms with E-state index in [4.69, 9.17) is 10.2 Å². The first kappa shape index (κ1) is 8.50. The Morgan fingerprint density at radius 1 is 1.44 bits per heavy atom. The summed E-state index contributed by atoms with van der Waals surface area (Å²) in [6.45, 7) is 5.56. The van der Waals surface area contributed by atoms with Crippen molar-refractivity contribution in [1.82, 2.24) is 0 Å². The fourth-order valence-corrected chi connectivity index (χ4v) is 0.393. The SMILES string of the molecule is CC(C)(C)C(O)=CCO. The molecule has 0 saturated carbocycles. The maximum absolute atomic E-state index is 9.09. The Morgan fingerprint density at radius 3 is 2.00 bits per heavy atom. The zero-order chi connectivity index (χ0) is 7.49. The molecular weight excluding hydrogens is 116 g/mol. The second-order valence-corrected chi connectivity index (χ2v) is 3.02. The fourth-order valence-electron chi connectivity index (χ4n) is 0.393. The van der Waals surface area contributed by atoms with Crippen molar-refractivity contribution in [3.05, 3.63) is 11.8 Å². The highest BCUT2D eigenvalue weighted by atomic mass is 16.3. The average Bonchev–Trinajstić information content (AvgIpc) is 1.64. The van der Waals surface area contributed by atoms with Crippen LogP contribution < -0.4 is 0 Å². The minimum Gasteiger partial charge on any atom is -0.512 e. The lowest BCUT2D eigenvalue weighted by Gasteiger charge is -2.16. The monoisotopic (exact) mass is 130 g/mol. The molecule has 0 aliphatic carbocycles. The number of allylic oxidation sites excluding steroid dienone is 1. The summed E-state index contributed by atoms with van der Waals surface area (Å²) in [5.74, 6) is 0.241. The van der Waals surface area contributed by atoms with Crippen molar-refractivity contribution < 1.29 is 10.2 Å². The summed E-state index contributed by atoms with van der Waals surface area (Å²) in [6, 6.07) is 0. The van der Waals surface area contributed by atoms with Crippen molar-refractivity contribution in [3.8, 4) is 0 Å². The largest absolute Gasteiger partial charge is 0.512 e. The van der Waals surface area contributed by atoms with E-state index >= 15 is 0 Å². The van der Waals surface area contributed by atoms with Gasteiger partial charge in [-0.05, 0) is 6.08 Å². The molecule has 0 aliphatic rings. The van der Waals surface area contributed by atoms with Crippen molar-refractivity contribution >= 4 is 0 Å². The molecule has 0 atom stereocenters. The van der Waals surface area contributed by atoms with Crippen molar-refractivity contribution in [2.45, 2.75) is 20.8 Å². The van der Waals surface area contributed by atoms with Crippen LogP contribution in [-0.2, 0) is 0 Å². The first-order valence-corrected chi connectivity index (χ1v) is 2.99. The van der Waals surface area contributed by atoms with E-state index in [1.165, 1.54) is 6.08 Å². The van der Waals surface area contributed by atoms with E-state index in [0.717, 1.165) is 0 Å². The zero-order valence-corrected chi connectivity index (χ0v) is 6.18. The van der Waals surface area contributed by atoms with Crippen LogP contribution >= 0.6 is 0 Å². The summed E-state index contributed by atoms with van der Waals surface area (Å²) in [5.41, 5.74) is -0.233. The summed E-state index contributed by atoms with van der Waals surface area (Å²) in [6.07, 6.45) is 1.40. The zero-order valence-electron chi connectivity index (χ0n) is 6.18. The highest BCUT2D eigenvalue weighted by molar-refractivity contribution is 5.00. The molecule has 2 nitrogen and oxygen atoms in total. The van der Waals surface area contributed by atoms with Gasteiger partial charge in [-0.1, -0.05) is 20.8 Å². The quantitative estimate of drug-likeness (QED) is 0.528. The van der Waals surface area contributed by atoms with Crippen LogP contribution in [-0.4, -0.2) is 16.8 Å². The molecule has 0 aliphatic heterocycles. The summed E-state index contributed by atoms with van der Waals surface area (Å²) in [7, 11) is 0. The van der Waals surface area contributed by atoms with Crippen LogP contribution in [0.15, 0.2) is 11.8 Å². The average molecular weight is 130 g/mol. The minimum atomic E-state index is -0.233.